The van der Waals surface area contributed by atoms with E-state index in [1.807, 2.05) is 25.1 Å². The lowest BCUT2D eigenvalue weighted by Crippen LogP contribution is -2.39. The molecular formula is C20H33NO2. The zero-order chi connectivity index (χ0) is 17.2. The van der Waals surface area contributed by atoms with Crippen LogP contribution in [0.4, 0.5) is 0 Å². The van der Waals surface area contributed by atoms with Crippen molar-refractivity contribution in [3.05, 3.63) is 29.8 Å². The lowest BCUT2D eigenvalue weighted by atomic mass is 9.99. The minimum absolute atomic E-state index is 0.0292. The van der Waals surface area contributed by atoms with Crippen LogP contribution in [0.1, 0.15) is 71.8 Å². The third kappa shape index (κ3) is 6.64. The molecule has 23 heavy (non-hydrogen) atoms. The summed E-state index contributed by atoms with van der Waals surface area (Å²) in [5.74, 6) is 1.72. The number of carbonyl (C=O) groups excluding carboxylic acids is 1. The van der Waals surface area contributed by atoms with Gasteiger partial charge in [0.15, 0.2) is 6.10 Å². The first-order valence-corrected chi connectivity index (χ1v) is 9.02. The number of nitrogens with one attached hydrogen (secondary N) is 1. The molecule has 0 radical (unpaired) electrons. The zero-order valence-electron chi connectivity index (χ0n) is 15.4. The van der Waals surface area contributed by atoms with Crippen LogP contribution < -0.4 is 10.1 Å². The fourth-order valence-corrected chi connectivity index (χ4v) is 2.64. The predicted octanol–water partition coefficient (Wildman–Crippen LogP) is 4.91. The first-order chi connectivity index (χ1) is 11.0. The van der Waals surface area contributed by atoms with Gasteiger partial charge in [0.1, 0.15) is 5.75 Å². The van der Waals surface area contributed by atoms with Gasteiger partial charge in [0, 0.05) is 6.54 Å². The molecule has 0 saturated carbocycles. The van der Waals surface area contributed by atoms with E-state index in [4.69, 9.17) is 4.74 Å². The van der Waals surface area contributed by atoms with E-state index in [2.05, 4.69) is 39.1 Å². The van der Waals surface area contributed by atoms with Gasteiger partial charge in [-0.25, -0.2) is 0 Å². The highest BCUT2D eigenvalue weighted by molar-refractivity contribution is 5.80. The summed E-state index contributed by atoms with van der Waals surface area (Å²) in [7, 11) is 0. The van der Waals surface area contributed by atoms with E-state index in [0.717, 1.165) is 24.3 Å². The number of unbranched alkanes of at least 4 members (excludes halogenated alkanes) is 1. The summed E-state index contributed by atoms with van der Waals surface area (Å²) < 4.78 is 5.90. The molecular weight excluding hydrogens is 286 g/mol. The van der Waals surface area contributed by atoms with Crippen LogP contribution in [0, 0.1) is 5.92 Å². The van der Waals surface area contributed by atoms with Crippen molar-refractivity contribution in [3.63, 3.8) is 0 Å². The summed E-state index contributed by atoms with van der Waals surface area (Å²) in [6.07, 6.45) is 4.24. The molecule has 0 spiro atoms. The summed E-state index contributed by atoms with van der Waals surface area (Å²) in [4.78, 5) is 12.3. The van der Waals surface area contributed by atoms with Gasteiger partial charge >= 0.3 is 0 Å². The summed E-state index contributed by atoms with van der Waals surface area (Å²) >= 11 is 0. The first kappa shape index (κ1) is 19.5. The average Bonchev–Trinajstić information content (AvgIpc) is 2.55. The van der Waals surface area contributed by atoms with Crippen LogP contribution in [-0.2, 0) is 4.79 Å². The van der Waals surface area contributed by atoms with Crippen LogP contribution in [0.3, 0.4) is 0 Å². The fourth-order valence-electron chi connectivity index (χ4n) is 2.64. The van der Waals surface area contributed by atoms with E-state index in [1.165, 1.54) is 19.3 Å². The van der Waals surface area contributed by atoms with Crippen molar-refractivity contribution in [2.45, 2.75) is 72.3 Å². The Morgan fingerprint density at radius 2 is 1.87 bits per heavy atom. The maximum absolute atomic E-state index is 12.3. The molecule has 0 saturated heterocycles. The molecule has 3 nitrogen and oxygen atoms in total. The molecule has 1 amide bonds. The summed E-state index contributed by atoms with van der Waals surface area (Å²) in [5, 5.41) is 3.05. The second-order valence-corrected chi connectivity index (χ2v) is 6.61. The Labute approximate surface area is 141 Å². The lowest BCUT2D eigenvalue weighted by molar-refractivity contribution is -0.127. The quantitative estimate of drug-likeness (QED) is 0.665. The topological polar surface area (TPSA) is 38.3 Å². The second-order valence-electron chi connectivity index (χ2n) is 6.61. The number of rotatable bonds is 10. The third-order valence-corrected chi connectivity index (χ3v) is 4.32. The maximum atomic E-state index is 12.3. The van der Waals surface area contributed by atoms with Crippen molar-refractivity contribution in [2.24, 2.45) is 5.92 Å². The fraction of sp³-hybridized carbons (Fsp3) is 0.650. The maximum Gasteiger partial charge on any atom is 0.260 e. The van der Waals surface area contributed by atoms with Crippen molar-refractivity contribution >= 4 is 5.91 Å². The molecule has 0 aliphatic carbocycles. The Bertz CT molecular complexity index is 470. The molecule has 0 aliphatic heterocycles. The summed E-state index contributed by atoms with van der Waals surface area (Å²) in [6.45, 7) is 11.2. The van der Waals surface area contributed by atoms with Gasteiger partial charge in [0.25, 0.3) is 5.91 Å². The number of para-hydroxylation sites is 1. The Balaban J connectivity index is 2.54. The standard InChI is InChI=1S/C20H33NO2/c1-6-8-11-17(7-2)14-21-20(22)16(5)23-19-13-10-9-12-18(19)15(3)4/h9-10,12-13,15-17H,6-8,11,14H2,1-5H3,(H,21,22)/t16-,17+/m1/s1. The van der Waals surface area contributed by atoms with Gasteiger partial charge in [-0.05, 0) is 36.8 Å². The zero-order valence-corrected chi connectivity index (χ0v) is 15.4. The van der Waals surface area contributed by atoms with Gasteiger partial charge in [-0.1, -0.05) is 65.2 Å². The van der Waals surface area contributed by atoms with Crippen molar-refractivity contribution in [3.8, 4) is 5.75 Å². The Hall–Kier alpha value is -1.51. The molecule has 3 heteroatoms. The smallest absolute Gasteiger partial charge is 0.260 e. The van der Waals surface area contributed by atoms with E-state index in [9.17, 15) is 4.79 Å². The number of benzene rings is 1. The summed E-state index contributed by atoms with van der Waals surface area (Å²) in [5.41, 5.74) is 1.14. The molecule has 0 aromatic heterocycles. The third-order valence-electron chi connectivity index (χ3n) is 4.32. The molecule has 1 rings (SSSR count). The lowest BCUT2D eigenvalue weighted by Gasteiger charge is -2.20. The Kier molecular flexibility index (Phi) is 8.75. The van der Waals surface area contributed by atoms with Crippen LogP contribution >= 0.6 is 0 Å². The van der Waals surface area contributed by atoms with Crippen molar-refractivity contribution in [1.82, 2.24) is 5.32 Å². The average molecular weight is 319 g/mol. The molecule has 1 aromatic rings. The number of carbonyl (C=O) groups is 1. The van der Waals surface area contributed by atoms with Crippen molar-refractivity contribution in [1.29, 1.82) is 0 Å². The molecule has 0 bridgehead atoms. The van der Waals surface area contributed by atoms with Crippen molar-refractivity contribution < 1.29 is 9.53 Å². The van der Waals surface area contributed by atoms with Gasteiger partial charge in [-0.15, -0.1) is 0 Å². The molecule has 1 aromatic carbocycles. The molecule has 0 unspecified atom stereocenters. The van der Waals surface area contributed by atoms with E-state index in [1.54, 1.807) is 0 Å². The largest absolute Gasteiger partial charge is 0.481 e. The van der Waals surface area contributed by atoms with Crippen LogP contribution in [0.25, 0.3) is 0 Å². The molecule has 0 fully saturated rings. The van der Waals surface area contributed by atoms with Crippen LogP contribution in [0.15, 0.2) is 24.3 Å². The van der Waals surface area contributed by atoms with Crippen LogP contribution in [0.2, 0.25) is 0 Å². The Morgan fingerprint density at radius 3 is 2.48 bits per heavy atom. The number of ether oxygens (including phenoxy) is 1. The number of hydrogen-bond acceptors (Lipinski definition) is 2. The van der Waals surface area contributed by atoms with Crippen LogP contribution in [-0.4, -0.2) is 18.6 Å². The normalized spacial score (nSPS) is 13.7. The van der Waals surface area contributed by atoms with E-state index >= 15 is 0 Å². The van der Waals surface area contributed by atoms with Gasteiger partial charge in [-0.2, -0.15) is 0 Å². The van der Waals surface area contributed by atoms with Gasteiger partial charge in [-0.3, -0.25) is 4.79 Å². The van der Waals surface area contributed by atoms with Crippen LogP contribution in [0.5, 0.6) is 5.75 Å². The number of hydrogen-bond donors (Lipinski definition) is 1. The summed E-state index contributed by atoms with van der Waals surface area (Å²) in [6, 6.07) is 7.95. The highest BCUT2D eigenvalue weighted by Crippen LogP contribution is 2.26. The van der Waals surface area contributed by atoms with Gasteiger partial charge in [0.2, 0.25) is 0 Å². The van der Waals surface area contributed by atoms with Crippen molar-refractivity contribution in [2.75, 3.05) is 6.54 Å². The van der Waals surface area contributed by atoms with Gasteiger partial charge in [0.05, 0.1) is 0 Å². The second kappa shape index (κ2) is 10.3. The minimum atomic E-state index is -0.474. The van der Waals surface area contributed by atoms with E-state index in [-0.39, 0.29) is 5.91 Å². The van der Waals surface area contributed by atoms with Gasteiger partial charge < -0.3 is 10.1 Å². The van der Waals surface area contributed by atoms with E-state index in [0.29, 0.717) is 11.8 Å². The molecule has 0 heterocycles. The molecule has 2 atom stereocenters. The molecule has 1 N–H and O–H groups in total. The highest BCUT2D eigenvalue weighted by Gasteiger charge is 2.18. The highest BCUT2D eigenvalue weighted by atomic mass is 16.5. The monoisotopic (exact) mass is 319 g/mol. The SMILES string of the molecule is CCCC[C@H](CC)CNC(=O)[C@@H](C)Oc1ccccc1C(C)C. The number of amides is 1. The molecule has 0 aliphatic rings. The Morgan fingerprint density at radius 1 is 1.17 bits per heavy atom. The minimum Gasteiger partial charge on any atom is -0.481 e. The first-order valence-electron chi connectivity index (χ1n) is 9.02. The molecule has 130 valence electrons. The van der Waals surface area contributed by atoms with E-state index < -0.39 is 6.10 Å². The predicted molar refractivity (Wildman–Crippen MR) is 96.9 cm³/mol.